The highest BCUT2D eigenvalue weighted by atomic mass is 35.5. The minimum atomic E-state index is -0.230. The number of ether oxygens (including phenoxy) is 1. The van der Waals surface area contributed by atoms with Gasteiger partial charge in [-0.2, -0.15) is 0 Å². The molecular weight excluding hydrogens is 340 g/mol. The van der Waals surface area contributed by atoms with E-state index in [0.717, 1.165) is 31.4 Å². The van der Waals surface area contributed by atoms with Crippen LogP contribution >= 0.6 is 11.6 Å². The Labute approximate surface area is 152 Å². The Bertz CT molecular complexity index is 685. The number of rotatable bonds is 7. The van der Waals surface area contributed by atoms with E-state index in [1.807, 2.05) is 24.3 Å². The second kappa shape index (κ2) is 8.78. The maximum atomic E-state index is 12.1. The van der Waals surface area contributed by atoms with E-state index >= 15 is 0 Å². The van der Waals surface area contributed by atoms with Gasteiger partial charge in [0.2, 0.25) is 0 Å². The van der Waals surface area contributed by atoms with Crippen molar-refractivity contribution in [1.82, 2.24) is 15.3 Å². The molecule has 1 amide bonds. The van der Waals surface area contributed by atoms with E-state index in [0.29, 0.717) is 29.6 Å². The third-order valence-corrected chi connectivity index (χ3v) is 4.28. The number of anilines is 1. The van der Waals surface area contributed by atoms with E-state index in [2.05, 4.69) is 20.6 Å². The molecule has 0 aliphatic carbocycles. The number of halogens is 1. The van der Waals surface area contributed by atoms with Gasteiger partial charge in [0.25, 0.3) is 5.91 Å². The number of benzene rings is 1. The quantitative estimate of drug-likeness (QED) is 0.794. The number of hydrogen-bond acceptors (Lipinski definition) is 5. The molecule has 2 heterocycles. The number of aromatic nitrogens is 2. The van der Waals surface area contributed by atoms with Crippen LogP contribution in [0.4, 0.5) is 5.82 Å². The molecule has 0 bridgehead atoms. The van der Waals surface area contributed by atoms with Gasteiger partial charge < -0.3 is 15.4 Å². The molecule has 7 heteroatoms. The number of amides is 1. The third kappa shape index (κ3) is 5.41. The van der Waals surface area contributed by atoms with E-state index in [-0.39, 0.29) is 12.0 Å². The largest absolute Gasteiger partial charge is 0.376 e. The lowest BCUT2D eigenvalue weighted by atomic mass is 10.1. The zero-order valence-electron chi connectivity index (χ0n) is 13.9. The summed E-state index contributed by atoms with van der Waals surface area (Å²) in [6, 6.07) is 7.57. The zero-order chi connectivity index (χ0) is 17.5. The maximum Gasteiger partial charge on any atom is 0.271 e. The Morgan fingerprint density at radius 2 is 2.08 bits per heavy atom. The monoisotopic (exact) mass is 360 g/mol. The zero-order valence-corrected chi connectivity index (χ0v) is 14.6. The molecule has 132 valence electrons. The lowest BCUT2D eigenvalue weighted by Gasteiger charge is -2.11. The fourth-order valence-corrected chi connectivity index (χ4v) is 2.75. The predicted octanol–water partition coefficient (Wildman–Crippen LogP) is 2.69. The van der Waals surface area contributed by atoms with Crippen molar-refractivity contribution in [3.8, 4) is 0 Å². The van der Waals surface area contributed by atoms with Crippen LogP contribution in [0.2, 0.25) is 5.02 Å². The SMILES string of the molecule is O=C(NCCc1ccc(Cl)cc1)c1cnc(NCC2CCCO2)cn1. The van der Waals surface area contributed by atoms with Gasteiger partial charge in [-0.15, -0.1) is 0 Å². The van der Waals surface area contributed by atoms with Crippen LogP contribution in [0.25, 0.3) is 0 Å². The Balaban J connectivity index is 1.42. The topological polar surface area (TPSA) is 76.1 Å². The Hall–Kier alpha value is -2.18. The van der Waals surface area contributed by atoms with E-state index in [1.165, 1.54) is 6.20 Å². The average molecular weight is 361 g/mol. The van der Waals surface area contributed by atoms with Gasteiger partial charge in [-0.05, 0) is 37.0 Å². The van der Waals surface area contributed by atoms with Crippen molar-refractivity contribution in [2.75, 3.05) is 25.0 Å². The molecule has 1 fully saturated rings. The van der Waals surface area contributed by atoms with Crippen LogP contribution in [-0.2, 0) is 11.2 Å². The molecule has 0 radical (unpaired) electrons. The Morgan fingerprint density at radius 3 is 2.76 bits per heavy atom. The van der Waals surface area contributed by atoms with Crippen LogP contribution in [0.5, 0.6) is 0 Å². The Morgan fingerprint density at radius 1 is 1.24 bits per heavy atom. The van der Waals surface area contributed by atoms with Crippen molar-refractivity contribution in [2.45, 2.75) is 25.4 Å². The summed E-state index contributed by atoms with van der Waals surface area (Å²) in [5.74, 6) is 0.417. The molecule has 6 nitrogen and oxygen atoms in total. The molecule has 1 aliphatic rings. The minimum Gasteiger partial charge on any atom is -0.376 e. The smallest absolute Gasteiger partial charge is 0.271 e. The highest BCUT2D eigenvalue weighted by Crippen LogP contribution is 2.12. The molecule has 25 heavy (non-hydrogen) atoms. The summed E-state index contributed by atoms with van der Waals surface area (Å²) in [5, 5.41) is 6.73. The maximum absolute atomic E-state index is 12.1. The van der Waals surface area contributed by atoms with Gasteiger partial charge in [0.15, 0.2) is 0 Å². The normalized spacial score (nSPS) is 16.6. The highest BCUT2D eigenvalue weighted by Gasteiger charge is 2.15. The van der Waals surface area contributed by atoms with E-state index in [4.69, 9.17) is 16.3 Å². The minimum absolute atomic E-state index is 0.230. The van der Waals surface area contributed by atoms with Gasteiger partial charge in [-0.3, -0.25) is 4.79 Å². The van der Waals surface area contributed by atoms with Crippen LogP contribution in [0, 0.1) is 0 Å². The van der Waals surface area contributed by atoms with Crippen LogP contribution in [-0.4, -0.2) is 41.7 Å². The fourth-order valence-electron chi connectivity index (χ4n) is 2.62. The fraction of sp³-hybridized carbons (Fsp3) is 0.389. The summed E-state index contributed by atoms with van der Waals surface area (Å²) in [4.78, 5) is 20.5. The number of carbonyl (C=O) groups is 1. The van der Waals surface area contributed by atoms with Gasteiger partial charge in [-0.1, -0.05) is 23.7 Å². The van der Waals surface area contributed by atoms with Gasteiger partial charge >= 0.3 is 0 Å². The highest BCUT2D eigenvalue weighted by molar-refractivity contribution is 6.30. The lowest BCUT2D eigenvalue weighted by molar-refractivity contribution is 0.0948. The summed E-state index contributed by atoms with van der Waals surface area (Å²) in [5.41, 5.74) is 1.42. The van der Waals surface area contributed by atoms with Crippen molar-refractivity contribution in [1.29, 1.82) is 0 Å². The number of nitrogens with one attached hydrogen (secondary N) is 2. The summed E-state index contributed by atoms with van der Waals surface area (Å²) < 4.78 is 5.54. The molecule has 1 aromatic carbocycles. The van der Waals surface area contributed by atoms with Gasteiger partial charge in [0.05, 0.1) is 18.5 Å². The summed E-state index contributed by atoms with van der Waals surface area (Å²) in [6.45, 7) is 2.07. The van der Waals surface area contributed by atoms with Gasteiger partial charge in [0.1, 0.15) is 11.5 Å². The summed E-state index contributed by atoms with van der Waals surface area (Å²) in [6.07, 6.45) is 6.19. The first-order chi connectivity index (χ1) is 12.2. The molecule has 2 aromatic rings. The van der Waals surface area contributed by atoms with Crippen LogP contribution < -0.4 is 10.6 Å². The number of nitrogens with zero attached hydrogens (tertiary/aromatic N) is 2. The molecule has 1 aromatic heterocycles. The van der Waals surface area contributed by atoms with Crippen molar-refractivity contribution >= 4 is 23.3 Å². The number of hydrogen-bond donors (Lipinski definition) is 2. The van der Waals surface area contributed by atoms with Crippen LogP contribution in [0.15, 0.2) is 36.7 Å². The predicted molar refractivity (Wildman–Crippen MR) is 97.0 cm³/mol. The summed E-state index contributed by atoms with van der Waals surface area (Å²) >= 11 is 5.85. The molecule has 0 spiro atoms. The second-order valence-electron chi connectivity index (χ2n) is 5.94. The molecule has 1 aliphatic heterocycles. The third-order valence-electron chi connectivity index (χ3n) is 4.03. The standard InChI is InChI=1S/C18H21ClN4O2/c19-14-5-3-13(4-6-14)7-8-20-18(24)16-11-23-17(12-21-16)22-10-15-2-1-9-25-15/h3-6,11-12,15H,1-2,7-10H2,(H,20,24)(H,22,23). The summed E-state index contributed by atoms with van der Waals surface area (Å²) in [7, 11) is 0. The molecule has 1 saturated heterocycles. The van der Waals surface area contributed by atoms with Gasteiger partial charge in [0, 0.05) is 24.7 Å². The first-order valence-electron chi connectivity index (χ1n) is 8.41. The van der Waals surface area contributed by atoms with Crippen LogP contribution in [0.3, 0.4) is 0 Å². The Kier molecular flexibility index (Phi) is 6.19. The van der Waals surface area contributed by atoms with Crippen molar-refractivity contribution in [3.05, 3.63) is 52.9 Å². The molecule has 1 unspecified atom stereocenters. The molecule has 1 atom stereocenters. The first kappa shape index (κ1) is 17.6. The van der Waals surface area contributed by atoms with Crippen molar-refractivity contribution in [3.63, 3.8) is 0 Å². The first-order valence-corrected chi connectivity index (χ1v) is 8.78. The molecular formula is C18H21ClN4O2. The lowest BCUT2D eigenvalue weighted by Crippen LogP contribution is -2.27. The van der Waals surface area contributed by atoms with Gasteiger partial charge in [-0.25, -0.2) is 9.97 Å². The molecule has 2 N–H and O–H groups in total. The van der Waals surface area contributed by atoms with E-state index < -0.39 is 0 Å². The van der Waals surface area contributed by atoms with E-state index in [1.54, 1.807) is 6.20 Å². The van der Waals surface area contributed by atoms with Crippen LogP contribution in [0.1, 0.15) is 28.9 Å². The van der Waals surface area contributed by atoms with E-state index in [9.17, 15) is 4.79 Å². The number of carbonyl (C=O) groups excluding carboxylic acids is 1. The second-order valence-corrected chi connectivity index (χ2v) is 6.37. The van der Waals surface area contributed by atoms with Crippen molar-refractivity contribution in [2.24, 2.45) is 0 Å². The molecule has 0 saturated carbocycles. The van der Waals surface area contributed by atoms with Crippen molar-refractivity contribution < 1.29 is 9.53 Å². The average Bonchev–Trinajstić information content (AvgIpc) is 3.15. The molecule has 3 rings (SSSR count).